The number of ketones is 1. The molecule has 1 unspecified atom stereocenters. The Morgan fingerprint density at radius 2 is 2.00 bits per heavy atom. The molecule has 15 heavy (non-hydrogen) atoms. The van der Waals surface area contributed by atoms with Crippen molar-refractivity contribution in [2.75, 3.05) is 5.75 Å². The van der Waals surface area contributed by atoms with Gasteiger partial charge in [-0.25, -0.2) is 0 Å². The Kier molecular flexibility index (Phi) is 5.20. The van der Waals surface area contributed by atoms with Gasteiger partial charge in [0, 0.05) is 15.8 Å². The van der Waals surface area contributed by atoms with E-state index in [1.165, 1.54) is 0 Å². The van der Waals surface area contributed by atoms with Crippen LogP contribution in [0.5, 0.6) is 0 Å². The Labute approximate surface area is 100 Å². The van der Waals surface area contributed by atoms with E-state index in [-0.39, 0.29) is 5.92 Å². The van der Waals surface area contributed by atoms with Gasteiger partial charge in [0.15, 0.2) is 0 Å². The van der Waals surface area contributed by atoms with Gasteiger partial charge in [0.05, 0.1) is 5.75 Å². The summed E-state index contributed by atoms with van der Waals surface area (Å²) >= 11 is 7.34. The molecule has 3 heteroatoms. The zero-order valence-corrected chi connectivity index (χ0v) is 10.6. The van der Waals surface area contributed by atoms with Crippen molar-refractivity contribution < 1.29 is 4.79 Å². The Morgan fingerprint density at radius 1 is 1.40 bits per heavy atom. The summed E-state index contributed by atoms with van der Waals surface area (Å²) in [4.78, 5) is 12.7. The zero-order valence-electron chi connectivity index (χ0n) is 9.00. The smallest absolute Gasteiger partial charge is 0.145 e. The van der Waals surface area contributed by atoms with E-state index in [2.05, 4.69) is 0 Å². The van der Waals surface area contributed by atoms with Crippen LogP contribution in [0.25, 0.3) is 0 Å². The molecule has 0 spiro atoms. The van der Waals surface area contributed by atoms with Gasteiger partial charge in [-0.05, 0) is 30.7 Å². The largest absolute Gasteiger partial charge is 0.298 e. The summed E-state index contributed by atoms with van der Waals surface area (Å²) in [7, 11) is 0. The van der Waals surface area contributed by atoms with Gasteiger partial charge in [-0.2, -0.15) is 0 Å². The molecular weight excluding hydrogens is 228 g/mol. The lowest BCUT2D eigenvalue weighted by molar-refractivity contribution is -0.119. The third-order valence-electron chi connectivity index (χ3n) is 2.36. The van der Waals surface area contributed by atoms with Crippen LogP contribution >= 0.6 is 23.4 Å². The van der Waals surface area contributed by atoms with Crippen LogP contribution in [0.15, 0.2) is 29.2 Å². The molecule has 0 aliphatic rings. The maximum atomic E-state index is 11.6. The van der Waals surface area contributed by atoms with Crippen LogP contribution < -0.4 is 0 Å². The second kappa shape index (κ2) is 6.19. The van der Waals surface area contributed by atoms with Crippen molar-refractivity contribution >= 4 is 29.1 Å². The first-order chi connectivity index (χ1) is 7.13. The van der Waals surface area contributed by atoms with Gasteiger partial charge >= 0.3 is 0 Å². The first kappa shape index (κ1) is 12.6. The first-order valence-corrected chi connectivity index (χ1v) is 6.41. The lowest BCUT2D eigenvalue weighted by atomic mass is 10.1. The lowest BCUT2D eigenvalue weighted by Crippen LogP contribution is -2.11. The maximum absolute atomic E-state index is 11.6. The van der Waals surface area contributed by atoms with Crippen LogP contribution in [0.2, 0.25) is 5.02 Å². The van der Waals surface area contributed by atoms with Gasteiger partial charge in [-0.3, -0.25) is 4.79 Å². The van der Waals surface area contributed by atoms with Gasteiger partial charge in [0.25, 0.3) is 0 Å². The van der Waals surface area contributed by atoms with Gasteiger partial charge in [0.1, 0.15) is 5.78 Å². The number of carbonyl (C=O) groups is 1. The molecule has 1 aromatic carbocycles. The predicted octanol–water partition coefficient (Wildman–Crippen LogP) is 4.05. The van der Waals surface area contributed by atoms with Gasteiger partial charge in [0.2, 0.25) is 0 Å². The molecule has 0 aliphatic carbocycles. The molecule has 0 amide bonds. The third kappa shape index (κ3) is 4.27. The molecule has 0 heterocycles. The van der Waals surface area contributed by atoms with E-state index < -0.39 is 0 Å². The van der Waals surface area contributed by atoms with Crippen molar-refractivity contribution in [1.82, 2.24) is 0 Å². The van der Waals surface area contributed by atoms with Gasteiger partial charge in [-0.1, -0.05) is 25.4 Å². The third-order valence-corrected chi connectivity index (χ3v) is 3.64. The number of benzene rings is 1. The highest BCUT2D eigenvalue weighted by Gasteiger charge is 2.10. The summed E-state index contributed by atoms with van der Waals surface area (Å²) in [5, 5.41) is 0.729. The summed E-state index contributed by atoms with van der Waals surface area (Å²) in [5.74, 6) is 1.04. The minimum Gasteiger partial charge on any atom is -0.298 e. The second-order valence-corrected chi connectivity index (χ2v) is 5.00. The van der Waals surface area contributed by atoms with Crippen molar-refractivity contribution in [2.24, 2.45) is 5.92 Å². The monoisotopic (exact) mass is 242 g/mol. The van der Waals surface area contributed by atoms with E-state index >= 15 is 0 Å². The Hall–Kier alpha value is -0.470. The fraction of sp³-hybridized carbons (Fsp3) is 0.417. The van der Waals surface area contributed by atoms with Gasteiger partial charge < -0.3 is 0 Å². The number of rotatable bonds is 5. The highest BCUT2D eigenvalue weighted by molar-refractivity contribution is 8.00. The molecule has 0 saturated heterocycles. The minimum atomic E-state index is 0.171. The standard InChI is InChI=1S/C12H15ClOS/c1-3-9(2)12(14)8-15-11-6-4-10(13)5-7-11/h4-7,9H,3,8H2,1-2H3. The van der Waals surface area contributed by atoms with Crippen LogP contribution in [0.3, 0.4) is 0 Å². The highest BCUT2D eigenvalue weighted by atomic mass is 35.5. The summed E-state index contributed by atoms with van der Waals surface area (Å²) in [6, 6.07) is 7.57. The van der Waals surface area contributed by atoms with Crippen LogP contribution in [0.4, 0.5) is 0 Å². The molecule has 0 N–H and O–H groups in total. The normalized spacial score (nSPS) is 12.5. The molecule has 0 saturated carbocycles. The summed E-state index contributed by atoms with van der Waals surface area (Å²) < 4.78 is 0. The summed E-state index contributed by atoms with van der Waals surface area (Å²) in [5.41, 5.74) is 0. The Balaban J connectivity index is 2.43. The number of hydrogen-bond acceptors (Lipinski definition) is 2. The van der Waals surface area contributed by atoms with Crippen molar-refractivity contribution in [1.29, 1.82) is 0 Å². The fourth-order valence-corrected chi connectivity index (χ4v) is 2.10. The topological polar surface area (TPSA) is 17.1 Å². The number of thioether (sulfide) groups is 1. The van der Waals surface area contributed by atoms with E-state index in [1.54, 1.807) is 11.8 Å². The molecule has 1 aromatic rings. The van der Waals surface area contributed by atoms with Gasteiger partial charge in [-0.15, -0.1) is 11.8 Å². The molecule has 1 rings (SSSR count). The van der Waals surface area contributed by atoms with Crippen molar-refractivity contribution in [3.63, 3.8) is 0 Å². The second-order valence-electron chi connectivity index (χ2n) is 3.52. The Morgan fingerprint density at radius 3 is 2.53 bits per heavy atom. The number of carbonyl (C=O) groups excluding carboxylic acids is 1. The van der Waals surface area contributed by atoms with Crippen LogP contribution in [-0.2, 0) is 4.79 Å². The van der Waals surface area contributed by atoms with Crippen LogP contribution in [-0.4, -0.2) is 11.5 Å². The average Bonchev–Trinajstić information content (AvgIpc) is 2.26. The molecular formula is C12H15ClOS. The van der Waals surface area contributed by atoms with E-state index in [0.717, 1.165) is 16.3 Å². The molecule has 0 aromatic heterocycles. The maximum Gasteiger partial charge on any atom is 0.145 e. The molecule has 0 bridgehead atoms. The van der Waals surface area contributed by atoms with E-state index in [9.17, 15) is 4.79 Å². The number of Topliss-reactive ketones (excluding diaryl/α,β-unsaturated/α-hetero) is 1. The SMILES string of the molecule is CCC(C)C(=O)CSc1ccc(Cl)cc1. The molecule has 0 radical (unpaired) electrons. The highest BCUT2D eigenvalue weighted by Crippen LogP contribution is 2.21. The molecule has 1 nitrogen and oxygen atoms in total. The van der Waals surface area contributed by atoms with E-state index in [4.69, 9.17) is 11.6 Å². The van der Waals surface area contributed by atoms with E-state index in [1.807, 2.05) is 38.1 Å². The zero-order chi connectivity index (χ0) is 11.3. The quantitative estimate of drug-likeness (QED) is 0.725. The summed E-state index contributed by atoms with van der Waals surface area (Å²) in [6.45, 7) is 4.01. The first-order valence-electron chi connectivity index (χ1n) is 5.04. The van der Waals surface area contributed by atoms with Crippen LogP contribution in [0.1, 0.15) is 20.3 Å². The summed E-state index contributed by atoms with van der Waals surface area (Å²) in [6.07, 6.45) is 0.917. The van der Waals surface area contributed by atoms with Crippen LogP contribution in [0, 0.1) is 5.92 Å². The predicted molar refractivity (Wildman–Crippen MR) is 66.6 cm³/mol. The number of halogens is 1. The molecule has 0 fully saturated rings. The van der Waals surface area contributed by atoms with Crippen molar-refractivity contribution in [3.8, 4) is 0 Å². The minimum absolute atomic E-state index is 0.171. The molecule has 0 aliphatic heterocycles. The lowest BCUT2D eigenvalue weighted by Gasteiger charge is -2.06. The molecule has 82 valence electrons. The Bertz CT molecular complexity index is 321. The fourth-order valence-electron chi connectivity index (χ4n) is 1.06. The van der Waals surface area contributed by atoms with Crippen molar-refractivity contribution in [2.45, 2.75) is 25.2 Å². The number of hydrogen-bond donors (Lipinski definition) is 0. The van der Waals surface area contributed by atoms with Crippen molar-refractivity contribution in [3.05, 3.63) is 29.3 Å². The molecule has 1 atom stereocenters. The average molecular weight is 243 g/mol. The van der Waals surface area contributed by atoms with E-state index in [0.29, 0.717) is 11.5 Å².